The first kappa shape index (κ1) is 17.6. The fraction of sp³-hybridized carbons (Fsp3) is 0.286. The van der Waals surface area contributed by atoms with Crippen LogP contribution in [0.2, 0.25) is 0 Å². The van der Waals surface area contributed by atoms with Crippen LogP contribution >= 0.6 is 12.2 Å². The Kier molecular flexibility index (Phi) is 6.97. The number of hydrogen-bond donors (Lipinski definition) is 3. The molecule has 0 saturated carbocycles. The lowest BCUT2D eigenvalue weighted by molar-refractivity contribution is 0.0943. The zero-order valence-electron chi connectivity index (χ0n) is 12.7. The fourth-order valence-corrected chi connectivity index (χ4v) is 1.74. The number of carbonyl (C=O) groups is 1. The second-order valence-corrected chi connectivity index (χ2v) is 4.40. The number of methoxy groups -OCH3 is 3. The lowest BCUT2D eigenvalue weighted by Crippen LogP contribution is -2.46. The molecule has 1 aromatic carbocycles. The molecule has 1 rings (SSSR count). The maximum Gasteiger partial charge on any atom is 0.269 e. The Balaban J connectivity index is 2.85. The van der Waals surface area contributed by atoms with Crippen molar-refractivity contribution in [2.45, 2.75) is 0 Å². The van der Waals surface area contributed by atoms with Gasteiger partial charge in [-0.05, 0) is 24.4 Å². The van der Waals surface area contributed by atoms with E-state index in [4.69, 9.17) is 26.4 Å². The summed E-state index contributed by atoms with van der Waals surface area (Å²) in [5.74, 6) is 0.790. The van der Waals surface area contributed by atoms with Crippen LogP contribution in [-0.4, -0.2) is 38.9 Å². The normalized spacial score (nSPS) is 9.41. The average Bonchev–Trinajstić information content (AvgIpc) is 2.55. The lowest BCUT2D eigenvalue weighted by Gasteiger charge is -2.15. The number of hydrazine groups is 1. The Morgan fingerprint density at radius 2 is 1.77 bits per heavy atom. The van der Waals surface area contributed by atoms with E-state index < -0.39 is 5.91 Å². The standard InChI is InChI=1S/C14H19N3O4S/c1-5-6-15-14(22)17-16-13(18)9-7-10(19-2)12(21-4)11(8-9)20-3/h5,7-8H,1,6H2,2-4H3,(H,16,18)(H2,15,17,22). The molecule has 0 aromatic heterocycles. The monoisotopic (exact) mass is 325 g/mol. The Bertz CT molecular complexity index is 538. The lowest BCUT2D eigenvalue weighted by atomic mass is 10.1. The molecular formula is C14H19N3O4S. The molecule has 0 radical (unpaired) electrons. The minimum absolute atomic E-state index is 0.278. The van der Waals surface area contributed by atoms with Crippen LogP contribution in [0, 0.1) is 0 Å². The van der Waals surface area contributed by atoms with Crippen molar-refractivity contribution in [1.82, 2.24) is 16.2 Å². The van der Waals surface area contributed by atoms with Crippen molar-refractivity contribution >= 4 is 23.2 Å². The zero-order chi connectivity index (χ0) is 16.5. The first-order chi connectivity index (χ1) is 10.6. The number of nitrogens with one attached hydrogen (secondary N) is 3. The van der Waals surface area contributed by atoms with E-state index in [9.17, 15) is 4.79 Å². The van der Waals surface area contributed by atoms with E-state index in [0.29, 0.717) is 29.4 Å². The minimum Gasteiger partial charge on any atom is -0.493 e. The van der Waals surface area contributed by atoms with Gasteiger partial charge >= 0.3 is 0 Å². The summed E-state index contributed by atoms with van der Waals surface area (Å²) in [6.07, 6.45) is 1.65. The van der Waals surface area contributed by atoms with Gasteiger partial charge in [0.2, 0.25) is 5.75 Å². The van der Waals surface area contributed by atoms with Crippen LogP contribution in [0.5, 0.6) is 17.2 Å². The molecule has 0 saturated heterocycles. The number of thiocarbonyl (C=S) groups is 1. The predicted molar refractivity (Wildman–Crippen MR) is 87.5 cm³/mol. The molecular weight excluding hydrogens is 306 g/mol. The van der Waals surface area contributed by atoms with Crippen molar-refractivity contribution in [3.05, 3.63) is 30.4 Å². The molecule has 0 bridgehead atoms. The van der Waals surface area contributed by atoms with E-state index in [2.05, 4.69) is 22.7 Å². The van der Waals surface area contributed by atoms with Gasteiger partial charge in [0.05, 0.1) is 21.3 Å². The zero-order valence-corrected chi connectivity index (χ0v) is 13.5. The number of carbonyl (C=O) groups excluding carboxylic acids is 1. The summed E-state index contributed by atoms with van der Waals surface area (Å²) >= 11 is 4.97. The van der Waals surface area contributed by atoms with Crippen molar-refractivity contribution in [3.8, 4) is 17.2 Å². The Morgan fingerprint density at radius 1 is 1.18 bits per heavy atom. The second-order valence-electron chi connectivity index (χ2n) is 3.99. The summed E-state index contributed by atoms with van der Waals surface area (Å²) in [4.78, 5) is 12.1. The van der Waals surface area contributed by atoms with Crippen LogP contribution in [0.25, 0.3) is 0 Å². The topological polar surface area (TPSA) is 80.9 Å². The first-order valence-electron chi connectivity index (χ1n) is 6.32. The van der Waals surface area contributed by atoms with Crippen LogP contribution in [0.3, 0.4) is 0 Å². The summed E-state index contributed by atoms with van der Waals surface area (Å²) in [5, 5.41) is 3.10. The van der Waals surface area contributed by atoms with Crippen LogP contribution < -0.4 is 30.4 Å². The summed E-state index contributed by atoms with van der Waals surface area (Å²) in [5.41, 5.74) is 5.38. The average molecular weight is 325 g/mol. The van der Waals surface area contributed by atoms with Gasteiger partial charge in [-0.15, -0.1) is 6.58 Å². The van der Waals surface area contributed by atoms with Gasteiger partial charge in [-0.1, -0.05) is 6.08 Å². The van der Waals surface area contributed by atoms with Gasteiger partial charge in [0.1, 0.15) is 0 Å². The first-order valence-corrected chi connectivity index (χ1v) is 6.73. The maximum atomic E-state index is 12.1. The molecule has 120 valence electrons. The Morgan fingerprint density at radius 3 is 2.23 bits per heavy atom. The van der Waals surface area contributed by atoms with Crippen LogP contribution in [0.4, 0.5) is 0 Å². The number of rotatable bonds is 6. The third-order valence-corrected chi connectivity index (χ3v) is 2.87. The van der Waals surface area contributed by atoms with Crippen molar-refractivity contribution in [2.75, 3.05) is 27.9 Å². The quantitative estimate of drug-likeness (QED) is 0.409. The minimum atomic E-state index is -0.401. The molecule has 8 heteroatoms. The third kappa shape index (κ3) is 4.52. The molecule has 0 aliphatic rings. The molecule has 1 amide bonds. The van der Waals surface area contributed by atoms with Crippen LogP contribution in [-0.2, 0) is 0 Å². The molecule has 0 aliphatic carbocycles. The predicted octanol–water partition coefficient (Wildman–Crippen LogP) is 1.01. The van der Waals surface area contributed by atoms with Crippen molar-refractivity contribution < 1.29 is 19.0 Å². The summed E-state index contributed by atoms with van der Waals surface area (Å²) < 4.78 is 15.6. The van der Waals surface area contributed by atoms with Gasteiger partial charge in [0, 0.05) is 12.1 Å². The molecule has 0 aliphatic heterocycles. The molecule has 7 nitrogen and oxygen atoms in total. The van der Waals surface area contributed by atoms with E-state index in [-0.39, 0.29) is 5.11 Å². The summed E-state index contributed by atoms with van der Waals surface area (Å²) in [6.45, 7) is 4.05. The smallest absolute Gasteiger partial charge is 0.269 e. The molecule has 0 fully saturated rings. The van der Waals surface area contributed by atoms with E-state index in [1.54, 1.807) is 18.2 Å². The van der Waals surface area contributed by atoms with Crippen molar-refractivity contribution in [3.63, 3.8) is 0 Å². The van der Waals surface area contributed by atoms with Gasteiger partial charge in [0.15, 0.2) is 16.6 Å². The summed E-state index contributed by atoms with van der Waals surface area (Å²) in [7, 11) is 4.45. The highest BCUT2D eigenvalue weighted by Gasteiger charge is 2.16. The number of hydrogen-bond acceptors (Lipinski definition) is 5. The van der Waals surface area contributed by atoms with Gasteiger partial charge < -0.3 is 19.5 Å². The van der Waals surface area contributed by atoms with Crippen LogP contribution in [0.15, 0.2) is 24.8 Å². The molecule has 3 N–H and O–H groups in total. The largest absolute Gasteiger partial charge is 0.493 e. The van der Waals surface area contributed by atoms with Gasteiger partial charge in [-0.2, -0.15) is 0 Å². The molecule has 1 aromatic rings. The SMILES string of the molecule is C=CCNC(=S)NNC(=O)c1cc(OC)c(OC)c(OC)c1. The van der Waals surface area contributed by atoms with Gasteiger partial charge in [-0.25, -0.2) is 0 Å². The molecule has 0 atom stereocenters. The number of amides is 1. The van der Waals surface area contributed by atoms with Crippen molar-refractivity contribution in [2.24, 2.45) is 0 Å². The summed E-state index contributed by atoms with van der Waals surface area (Å²) in [6, 6.07) is 3.08. The third-order valence-electron chi connectivity index (χ3n) is 2.62. The fourth-order valence-electron chi connectivity index (χ4n) is 1.61. The highest BCUT2D eigenvalue weighted by molar-refractivity contribution is 7.80. The highest BCUT2D eigenvalue weighted by Crippen LogP contribution is 2.38. The van der Waals surface area contributed by atoms with E-state index >= 15 is 0 Å². The van der Waals surface area contributed by atoms with E-state index in [0.717, 1.165) is 0 Å². The Labute approximate surface area is 134 Å². The van der Waals surface area contributed by atoms with Gasteiger partial charge in [0.25, 0.3) is 5.91 Å². The second kappa shape index (κ2) is 8.73. The number of benzene rings is 1. The van der Waals surface area contributed by atoms with E-state index in [1.807, 2.05) is 0 Å². The molecule has 22 heavy (non-hydrogen) atoms. The molecule has 0 heterocycles. The van der Waals surface area contributed by atoms with Crippen LogP contribution in [0.1, 0.15) is 10.4 Å². The van der Waals surface area contributed by atoms with Crippen molar-refractivity contribution in [1.29, 1.82) is 0 Å². The van der Waals surface area contributed by atoms with E-state index in [1.165, 1.54) is 21.3 Å². The Hall–Kier alpha value is -2.48. The molecule has 0 unspecified atom stereocenters. The molecule has 0 spiro atoms. The number of ether oxygens (including phenoxy) is 3. The van der Waals surface area contributed by atoms with Gasteiger partial charge in [-0.3, -0.25) is 15.6 Å². The highest BCUT2D eigenvalue weighted by atomic mass is 32.1. The maximum absolute atomic E-state index is 12.1.